The SMILES string of the molecule is CC(C)CCC[C@H](C)[C@@H]1CC[C@@H]2[C@@H]3CC[C@H]4C/C(=N\O)CC[C@]4(C)[C@@H]3CC[C@@]21C. The molecule has 4 saturated carbocycles. The molecule has 29 heavy (non-hydrogen) atoms. The Morgan fingerprint density at radius 2 is 1.69 bits per heavy atom. The molecule has 0 aromatic rings. The second-order valence-electron chi connectivity index (χ2n) is 12.6. The Bertz CT molecular complexity index is 612. The predicted molar refractivity (Wildman–Crippen MR) is 122 cm³/mol. The van der Waals surface area contributed by atoms with Crippen molar-refractivity contribution < 1.29 is 5.21 Å². The number of rotatable bonds is 5. The summed E-state index contributed by atoms with van der Waals surface area (Å²) in [5.74, 6) is 6.36. The molecule has 0 bridgehead atoms. The zero-order valence-corrected chi connectivity index (χ0v) is 19.9. The molecule has 0 aliphatic heterocycles. The minimum atomic E-state index is 0.499. The van der Waals surface area contributed by atoms with Crippen LogP contribution in [0.4, 0.5) is 0 Å². The molecule has 2 nitrogen and oxygen atoms in total. The lowest BCUT2D eigenvalue weighted by Crippen LogP contribution is -2.53. The Balaban J connectivity index is 1.46. The first-order valence-electron chi connectivity index (χ1n) is 13.0. The number of fused-ring (bicyclic) bond motifs is 5. The van der Waals surface area contributed by atoms with Crippen LogP contribution in [0.5, 0.6) is 0 Å². The van der Waals surface area contributed by atoms with E-state index in [4.69, 9.17) is 0 Å². The fourth-order valence-electron chi connectivity index (χ4n) is 9.18. The molecular formula is C27H47NO. The fourth-order valence-corrected chi connectivity index (χ4v) is 9.18. The first kappa shape index (κ1) is 21.7. The van der Waals surface area contributed by atoms with Crippen LogP contribution in [-0.4, -0.2) is 10.9 Å². The van der Waals surface area contributed by atoms with Gasteiger partial charge in [-0.2, -0.15) is 0 Å². The number of nitrogens with zero attached hydrogens (tertiary/aromatic N) is 1. The van der Waals surface area contributed by atoms with Gasteiger partial charge >= 0.3 is 0 Å². The molecule has 0 radical (unpaired) electrons. The second-order valence-corrected chi connectivity index (χ2v) is 12.6. The molecular weight excluding hydrogens is 354 g/mol. The van der Waals surface area contributed by atoms with Crippen LogP contribution in [0.2, 0.25) is 0 Å². The zero-order chi connectivity index (χ0) is 20.8. The van der Waals surface area contributed by atoms with Crippen LogP contribution in [-0.2, 0) is 0 Å². The lowest BCUT2D eigenvalue weighted by Gasteiger charge is -2.60. The van der Waals surface area contributed by atoms with Crippen LogP contribution >= 0.6 is 0 Å². The molecule has 4 aliphatic rings. The Morgan fingerprint density at radius 1 is 0.931 bits per heavy atom. The average Bonchev–Trinajstić information content (AvgIpc) is 3.04. The molecule has 0 saturated heterocycles. The summed E-state index contributed by atoms with van der Waals surface area (Å²) in [4.78, 5) is 0. The van der Waals surface area contributed by atoms with Gasteiger partial charge < -0.3 is 5.21 Å². The van der Waals surface area contributed by atoms with Gasteiger partial charge in [0.2, 0.25) is 0 Å². The van der Waals surface area contributed by atoms with E-state index in [0.717, 1.165) is 60.0 Å². The second kappa shape index (κ2) is 8.19. The summed E-state index contributed by atoms with van der Waals surface area (Å²) in [5, 5.41) is 12.9. The van der Waals surface area contributed by atoms with Crippen LogP contribution in [0.3, 0.4) is 0 Å². The molecule has 4 fully saturated rings. The zero-order valence-electron chi connectivity index (χ0n) is 19.9. The van der Waals surface area contributed by atoms with E-state index in [1.165, 1.54) is 64.2 Å². The topological polar surface area (TPSA) is 32.6 Å². The quantitative estimate of drug-likeness (QED) is 0.368. The molecule has 0 heterocycles. The van der Waals surface area contributed by atoms with E-state index in [-0.39, 0.29) is 0 Å². The summed E-state index contributed by atoms with van der Waals surface area (Å²) in [5.41, 5.74) is 2.18. The third-order valence-electron chi connectivity index (χ3n) is 10.8. The normalized spacial score (nSPS) is 47.0. The monoisotopic (exact) mass is 401 g/mol. The van der Waals surface area contributed by atoms with Crippen molar-refractivity contribution in [3.05, 3.63) is 0 Å². The van der Waals surface area contributed by atoms with Gasteiger partial charge in [-0.05, 0) is 110 Å². The molecule has 2 heteroatoms. The smallest absolute Gasteiger partial charge is 0.0574 e. The van der Waals surface area contributed by atoms with Gasteiger partial charge in [-0.3, -0.25) is 0 Å². The standard InChI is InChI=1S/C27H47NO/c1-18(2)7-6-8-19(3)23-11-12-24-22-10-9-20-17-21(28-29)13-15-26(20,4)25(22)14-16-27(23,24)5/h18-20,22-25,29H,6-17H2,1-5H3/b28-21-/t19-,20-,22-,23-,24+,25+,26-,27+/m0/s1. The summed E-state index contributed by atoms with van der Waals surface area (Å²) >= 11 is 0. The fraction of sp³-hybridized carbons (Fsp3) is 0.963. The van der Waals surface area contributed by atoms with Gasteiger partial charge in [0.05, 0.1) is 5.71 Å². The number of oxime groups is 1. The van der Waals surface area contributed by atoms with E-state index in [9.17, 15) is 5.21 Å². The summed E-state index contributed by atoms with van der Waals surface area (Å²) in [7, 11) is 0. The van der Waals surface area contributed by atoms with Crippen LogP contribution in [0, 0.1) is 52.3 Å². The van der Waals surface area contributed by atoms with Gasteiger partial charge in [-0.15, -0.1) is 0 Å². The molecule has 0 aromatic heterocycles. The highest BCUT2D eigenvalue weighted by atomic mass is 16.4. The lowest BCUT2D eigenvalue weighted by atomic mass is 9.44. The van der Waals surface area contributed by atoms with Gasteiger partial charge in [0.1, 0.15) is 0 Å². The lowest BCUT2D eigenvalue weighted by molar-refractivity contribution is -0.105. The Kier molecular flexibility index (Phi) is 6.13. The van der Waals surface area contributed by atoms with Crippen molar-refractivity contribution in [3.8, 4) is 0 Å². The highest BCUT2D eigenvalue weighted by Crippen LogP contribution is 2.68. The third kappa shape index (κ3) is 3.69. The Hall–Kier alpha value is -0.530. The van der Waals surface area contributed by atoms with E-state index in [2.05, 4.69) is 39.8 Å². The summed E-state index contributed by atoms with van der Waals surface area (Å²) in [6, 6.07) is 0. The first-order valence-corrected chi connectivity index (χ1v) is 13.0. The van der Waals surface area contributed by atoms with Crippen molar-refractivity contribution in [3.63, 3.8) is 0 Å². The Morgan fingerprint density at radius 3 is 2.41 bits per heavy atom. The molecule has 0 spiro atoms. The van der Waals surface area contributed by atoms with Crippen LogP contribution in [0.15, 0.2) is 5.16 Å². The summed E-state index contributed by atoms with van der Waals surface area (Å²) in [6.45, 7) is 12.6. The van der Waals surface area contributed by atoms with Crippen molar-refractivity contribution in [2.75, 3.05) is 0 Å². The highest BCUT2D eigenvalue weighted by Gasteiger charge is 2.60. The van der Waals surface area contributed by atoms with E-state index in [0.29, 0.717) is 10.8 Å². The van der Waals surface area contributed by atoms with Crippen LogP contribution < -0.4 is 0 Å². The average molecular weight is 402 g/mol. The van der Waals surface area contributed by atoms with Crippen molar-refractivity contribution in [2.45, 2.75) is 112 Å². The predicted octanol–water partition coefficient (Wildman–Crippen LogP) is 7.94. The van der Waals surface area contributed by atoms with Crippen molar-refractivity contribution in [1.29, 1.82) is 0 Å². The molecule has 0 amide bonds. The van der Waals surface area contributed by atoms with Crippen molar-refractivity contribution in [1.82, 2.24) is 0 Å². The number of hydrogen-bond acceptors (Lipinski definition) is 2. The van der Waals surface area contributed by atoms with Gasteiger partial charge in [-0.25, -0.2) is 0 Å². The van der Waals surface area contributed by atoms with Gasteiger partial charge in [-0.1, -0.05) is 59.0 Å². The summed E-state index contributed by atoms with van der Waals surface area (Å²) < 4.78 is 0. The van der Waals surface area contributed by atoms with E-state index in [1.807, 2.05) is 0 Å². The van der Waals surface area contributed by atoms with Crippen molar-refractivity contribution >= 4 is 5.71 Å². The first-order chi connectivity index (χ1) is 13.8. The van der Waals surface area contributed by atoms with Crippen LogP contribution in [0.1, 0.15) is 112 Å². The van der Waals surface area contributed by atoms with Crippen LogP contribution in [0.25, 0.3) is 0 Å². The maximum Gasteiger partial charge on any atom is 0.0574 e. The van der Waals surface area contributed by atoms with Gasteiger partial charge in [0, 0.05) is 0 Å². The van der Waals surface area contributed by atoms with Gasteiger partial charge in [0.25, 0.3) is 0 Å². The highest BCUT2D eigenvalue weighted by molar-refractivity contribution is 5.85. The maximum absolute atomic E-state index is 9.32. The molecule has 8 atom stereocenters. The minimum Gasteiger partial charge on any atom is -0.411 e. The van der Waals surface area contributed by atoms with Gasteiger partial charge in [0.15, 0.2) is 0 Å². The van der Waals surface area contributed by atoms with Crippen molar-refractivity contribution in [2.24, 2.45) is 57.4 Å². The molecule has 4 aliphatic carbocycles. The third-order valence-corrected chi connectivity index (χ3v) is 10.8. The molecule has 0 unspecified atom stereocenters. The molecule has 1 N–H and O–H groups in total. The molecule has 0 aromatic carbocycles. The molecule has 166 valence electrons. The summed E-state index contributed by atoms with van der Waals surface area (Å²) in [6.07, 6.45) is 16.4. The largest absolute Gasteiger partial charge is 0.411 e. The van der Waals surface area contributed by atoms with E-state index < -0.39 is 0 Å². The minimum absolute atomic E-state index is 0.499. The van der Waals surface area contributed by atoms with E-state index in [1.54, 1.807) is 0 Å². The number of hydrogen-bond donors (Lipinski definition) is 1. The van der Waals surface area contributed by atoms with E-state index >= 15 is 0 Å². The maximum atomic E-state index is 9.32. The molecule has 4 rings (SSSR count). The Labute approximate surface area is 180 Å².